The van der Waals surface area contributed by atoms with E-state index in [0.29, 0.717) is 5.82 Å². The monoisotopic (exact) mass is 189 g/mol. The van der Waals surface area contributed by atoms with Gasteiger partial charge in [-0.3, -0.25) is 5.10 Å². The van der Waals surface area contributed by atoms with Gasteiger partial charge in [0.2, 0.25) is 0 Å². The second-order valence-corrected chi connectivity index (χ2v) is 3.15. The molecule has 0 atom stereocenters. The molecule has 0 aromatic carbocycles. The molecule has 0 aliphatic carbocycles. The van der Waals surface area contributed by atoms with E-state index < -0.39 is 0 Å². The van der Waals surface area contributed by atoms with E-state index in [-0.39, 0.29) is 0 Å². The summed E-state index contributed by atoms with van der Waals surface area (Å²) in [4.78, 5) is 0. The number of anilines is 1. The minimum absolute atomic E-state index is 0.424. The Kier molecular flexibility index (Phi) is 1.92. The third-order valence-corrected chi connectivity index (χ3v) is 2.07. The summed E-state index contributed by atoms with van der Waals surface area (Å²) in [7, 11) is 0. The molecule has 0 saturated carbocycles. The molecule has 0 aliphatic rings. The first-order chi connectivity index (χ1) is 6.68. The smallest absolute Gasteiger partial charge is 0.146 e. The number of H-pyrrole nitrogens is 1. The molecule has 72 valence electrons. The predicted molar refractivity (Wildman–Crippen MR) is 53.5 cm³/mol. The van der Waals surface area contributed by atoms with Crippen molar-refractivity contribution in [2.45, 2.75) is 13.8 Å². The van der Waals surface area contributed by atoms with Crippen LogP contribution in [-0.4, -0.2) is 20.4 Å². The van der Waals surface area contributed by atoms with Crippen molar-refractivity contribution in [3.8, 4) is 11.3 Å². The Morgan fingerprint density at radius 3 is 2.50 bits per heavy atom. The Morgan fingerprint density at radius 1 is 1.21 bits per heavy atom. The zero-order chi connectivity index (χ0) is 10.1. The van der Waals surface area contributed by atoms with Crippen molar-refractivity contribution in [3.63, 3.8) is 0 Å². The van der Waals surface area contributed by atoms with Crippen molar-refractivity contribution in [3.05, 3.63) is 23.5 Å². The molecule has 5 heteroatoms. The summed E-state index contributed by atoms with van der Waals surface area (Å²) < 4.78 is 0. The van der Waals surface area contributed by atoms with Gasteiger partial charge in [-0.1, -0.05) is 0 Å². The first kappa shape index (κ1) is 8.68. The van der Waals surface area contributed by atoms with E-state index in [4.69, 9.17) is 5.73 Å². The highest BCUT2D eigenvalue weighted by Gasteiger charge is 2.09. The quantitative estimate of drug-likeness (QED) is 0.703. The molecule has 0 radical (unpaired) electrons. The molecule has 0 spiro atoms. The fourth-order valence-electron chi connectivity index (χ4n) is 1.40. The van der Waals surface area contributed by atoms with Crippen LogP contribution in [0.3, 0.4) is 0 Å². The van der Waals surface area contributed by atoms with Gasteiger partial charge in [0.25, 0.3) is 0 Å². The standard InChI is InChI=1S/C9H11N5/c1-5-9(6(2)12-11-5)7-3-4-8(10)14-13-7/h3-4H,1-2H3,(H2,10,14)(H,11,12). The highest BCUT2D eigenvalue weighted by molar-refractivity contribution is 5.64. The maximum absolute atomic E-state index is 5.46. The second-order valence-electron chi connectivity index (χ2n) is 3.15. The van der Waals surface area contributed by atoms with Crippen molar-refractivity contribution in [1.82, 2.24) is 20.4 Å². The molecule has 2 rings (SSSR count). The van der Waals surface area contributed by atoms with Crippen LogP contribution in [0, 0.1) is 13.8 Å². The van der Waals surface area contributed by atoms with Crippen LogP contribution in [0.15, 0.2) is 12.1 Å². The lowest BCUT2D eigenvalue weighted by Crippen LogP contribution is -1.94. The molecule has 3 N–H and O–H groups in total. The van der Waals surface area contributed by atoms with Gasteiger partial charge >= 0.3 is 0 Å². The summed E-state index contributed by atoms with van der Waals surface area (Å²) in [6.45, 7) is 3.88. The zero-order valence-corrected chi connectivity index (χ0v) is 8.07. The molecular formula is C9H11N5. The zero-order valence-electron chi connectivity index (χ0n) is 8.07. The Hall–Kier alpha value is -1.91. The van der Waals surface area contributed by atoms with Gasteiger partial charge < -0.3 is 5.73 Å². The molecule has 0 fully saturated rings. The Bertz CT molecular complexity index is 423. The Morgan fingerprint density at radius 2 is 2.00 bits per heavy atom. The average Bonchev–Trinajstić information content (AvgIpc) is 2.49. The van der Waals surface area contributed by atoms with Crippen molar-refractivity contribution in [1.29, 1.82) is 0 Å². The van der Waals surface area contributed by atoms with E-state index >= 15 is 0 Å². The van der Waals surface area contributed by atoms with Crippen molar-refractivity contribution in [2.75, 3.05) is 5.73 Å². The third kappa shape index (κ3) is 1.32. The summed E-state index contributed by atoms with van der Waals surface area (Å²) in [5.74, 6) is 0.424. The van der Waals surface area contributed by atoms with Gasteiger partial charge in [0.1, 0.15) is 5.82 Å². The highest BCUT2D eigenvalue weighted by atomic mass is 15.2. The van der Waals surface area contributed by atoms with Gasteiger partial charge in [-0.25, -0.2) is 0 Å². The highest BCUT2D eigenvalue weighted by Crippen LogP contribution is 2.22. The summed E-state index contributed by atoms with van der Waals surface area (Å²) in [5.41, 5.74) is 9.16. The molecule has 5 nitrogen and oxygen atoms in total. The van der Waals surface area contributed by atoms with E-state index in [1.54, 1.807) is 6.07 Å². The number of aryl methyl sites for hydroxylation is 2. The largest absolute Gasteiger partial charge is 0.382 e. The minimum Gasteiger partial charge on any atom is -0.382 e. The Balaban J connectivity index is 2.54. The number of nitrogen functional groups attached to an aromatic ring is 1. The van der Waals surface area contributed by atoms with E-state index in [1.807, 2.05) is 19.9 Å². The summed E-state index contributed by atoms with van der Waals surface area (Å²) in [5, 5.41) is 14.8. The normalized spacial score (nSPS) is 10.4. The number of hydrogen-bond donors (Lipinski definition) is 2. The molecule has 2 aromatic rings. The number of aromatic nitrogens is 4. The first-order valence-electron chi connectivity index (χ1n) is 4.29. The number of nitrogens with one attached hydrogen (secondary N) is 1. The van der Waals surface area contributed by atoms with Crippen LogP contribution in [0.1, 0.15) is 11.4 Å². The molecule has 0 aliphatic heterocycles. The number of hydrogen-bond acceptors (Lipinski definition) is 4. The van der Waals surface area contributed by atoms with Gasteiger partial charge in [-0.15, -0.1) is 10.2 Å². The van der Waals surface area contributed by atoms with Gasteiger partial charge in [0.05, 0.1) is 11.4 Å². The van der Waals surface area contributed by atoms with Crippen LogP contribution in [0.25, 0.3) is 11.3 Å². The minimum atomic E-state index is 0.424. The van der Waals surface area contributed by atoms with Gasteiger partial charge in [-0.2, -0.15) is 5.10 Å². The van der Waals surface area contributed by atoms with Gasteiger partial charge in [0.15, 0.2) is 0 Å². The van der Waals surface area contributed by atoms with E-state index in [0.717, 1.165) is 22.6 Å². The molecule has 2 heterocycles. The van der Waals surface area contributed by atoms with Crippen LogP contribution in [0.5, 0.6) is 0 Å². The lowest BCUT2D eigenvalue weighted by Gasteiger charge is -1.99. The lowest BCUT2D eigenvalue weighted by molar-refractivity contribution is 1.02. The number of nitrogens with zero attached hydrogens (tertiary/aromatic N) is 3. The molecule has 0 unspecified atom stereocenters. The first-order valence-corrected chi connectivity index (χ1v) is 4.29. The fraction of sp³-hybridized carbons (Fsp3) is 0.222. The molecule has 0 bridgehead atoms. The summed E-state index contributed by atoms with van der Waals surface area (Å²) in [6.07, 6.45) is 0. The van der Waals surface area contributed by atoms with E-state index in [1.165, 1.54) is 0 Å². The predicted octanol–water partition coefficient (Wildman–Crippen LogP) is 1.07. The molecule has 2 aromatic heterocycles. The second kappa shape index (κ2) is 3.10. The lowest BCUT2D eigenvalue weighted by atomic mass is 10.1. The Labute approximate surface area is 81.4 Å². The summed E-state index contributed by atoms with van der Waals surface area (Å²) in [6, 6.07) is 3.57. The third-order valence-electron chi connectivity index (χ3n) is 2.07. The number of rotatable bonds is 1. The van der Waals surface area contributed by atoms with Gasteiger partial charge in [-0.05, 0) is 26.0 Å². The topological polar surface area (TPSA) is 80.5 Å². The van der Waals surface area contributed by atoms with Gasteiger partial charge in [0, 0.05) is 11.3 Å². The maximum Gasteiger partial charge on any atom is 0.146 e. The van der Waals surface area contributed by atoms with E-state index in [2.05, 4.69) is 20.4 Å². The van der Waals surface area contributed by atoms with Crippen molar-refractivity contribution < 1.29 is 0 Å². The average molecular weight is 189 g/mol. The van der Waals surface area contributed by atoms with Crippen LogP contribution >= 0.6 is 0 Å². The van der Waals surface area contributed by atoms with Crippen LogP contribution in [0.2, 0.25) is 0 Å². The summed E-state index contributed by atoms with van der Waals surface area (Å²) >= 11 is 0. The number of nitrogens with two attached hydrogens (primary N) is 1. The molecule has 0 saturated heterocycles. The fourth-order valence-corrected chi connectivity index (χ4v) is 1.40. The SMILES string of the molecule is Cc1n[nH]c(C)c1-c1ccc(N)nn1. The van der Waals surface area contributed by atoms with Crippen LogP contribution < -0.4 is 5.73 Å². The molecule has 0 amide bonds. The van der Waals surface area contributed by atoms with Crippen LogP contribution in [-0.2, 0) is 0 Å². The maximum atomic E-state index is 5.46. The van der Waals surface area contributed by atoms with Crippen molar-refractivity contribution >= 4 is 5.82 Å². The number of aromatic amines is 1. The molecule has 14 heavy (non-hydrogen) atoms. The molecular weight excluding hydrogens is 178 g/mol. The van der Waals surface area contributed by atoms with Crippen LogP contribution in [0.4, 0.5) is 5.82 Å². The van der Waals surface area contributed by atoms with Crippen molar-refractivity contribution in [2.24, 2.45) is 0 Å². The van der Waals surface area contributed by atoms with E-state index in [9.17, 15) is 0 Å².